The molecule has 27 heavy (non-hydrogen) atoms. The summed E-state index contributed by atoms with van der Waals surface area (Å²) in [7, 11) is 0. The third-order valence-electron chi connectivity index (χ3n) is 4.39. The number of nitrogens with one attached hydrogen (secondary N) is 1. The van der Waals surface area contributed by atoms with Crippen LogP contribution in [0.4, 0.5) is 0 Å². The molecule has 0 amide bonds. The van der Waals surface area contributed by atoms with E-state index < -0.39 is 0 Å². The summed E-state index contributed by atoms with van der Waals surface area (Å²) < 4.78 is 1.25. The second-order valence-corrected chi connectivity index (χ2v) is 7.34. The lowest BCUT2D eigenvalue weighted by Gasteiger charge is -2.08. The first-order valence-corrected chi connectivity index (χ1v) is 9.67. The lowest BCUT2D eigenvalue weighted by molar-refractivity contribution is 0.711. The summed E-state index contributed by atoms with van der Waals surface area (Å²) in [6.45, 7) is 0.256. The number of fused-ring (bicyclic) bond motifs is 1. The Bertz CT molecular complexity index is 1180. The second kappa shape index (κ2) is 7.68. The minimum atomic E-state index is -0.388. The van der Waals surface area contributed by atoms with Gasteiger partial charge in [0.05, 0.1) is 17.4 Å². The molecule has 0 bridgehead atoms. The zero-order valence-electron chi connectivity index (χ0n) is 14.6. The van der Waals surface area contributed by atoms with Gasteiger partial charge in [-0.2, -0.15) is 0 Å². The second-order valence-electron chi connectivity index (χ2n) is 6.29. The summed E-state index contributed by atoms with van der Waals surface area (Å²) in [5.41, 5.74) is 2.06. The van der Waals surface area contributed by atoms with Gasteiger partial charge in [0.2, 0.25) is 0 Å². The van der Waals surface area contributed by atoms with Crippen LogP contribution < -0.4 is 11.2 Å². The quantitative estimate of drug-likeness (QED) is 0.537. The number of aromatic amines is 1. The van der Waals surface area contributed by atoms with Crippen LogP contribution in [0.2, 0.25) is 0 Å². The topological polar surface area (TPSA) is 54.9 Å². The lowest BCUT2D eigenvalue weighted by atomic mass is 10.2. The fourth-order valence-corrected chi connectivity index (χ4v) is 3.86. The molecular weight excluding hydrogens is 356 g/mol. The average molecular weight is 374 g/mol. The molecule has 4 rings (SSSR count). The van der Waals surface area contributed by atoms with Crippen LogP contribution in [0.15, 0.2) is 93.3 Å². The zero-order valence-corrected chi connectivity index (χ0v) is 15.4. The average Bonchev–Trinajstić information content (AvgIpc) is 2.71. The van der Waals surface area contributed by atoms with Crippen LogP contribution in [0.5, 0.6) is 0 Å². The Kier molecular flexibility index (Phi) is 4.94. The van der Waals surface area contributed by atoms with Crippen LogP contribution in [-0.2, 0) is 12.3 Å². The molecule has 4 nitrogen and oxygen atoms in total. The summed E-state index contributed by atoms with van der Waals surface area (Å²) >= 11 is 1.67. The van der Waals surface area contributed by atoms with Gasteiger partial charge in [0.1, 0.15) is 0 Å². The molecule has 0 aliphatic rings. The van der Waals surface area contributed by atoms with Crippen molar-refractivity contribution in [2.24, 2.45) is 0 Å². The van der Waals surface area contributed by atoms with Crippen LogP contribution in [0.25, 0.3) is 10.9 Å². The van der Waals surface area contributed by atoms with E-state index in [1.807, 2.05) is 60.7 Å². The Morgan fingerprint density at radius 1 is 0.815 bits per heavy atom. The molecule has 3 aromatic carbocycles. The smallest absolute Gasteiger partial charge is 0.307 e. The number of hydrogen-bond donors (Lipinski definition) is 1. The van der Waals surface area contributed by atoms with E-state index in [9.17, 15) is 9.59 Å². The van der Waals surface area contributed by atoms with Crippen LogP contribution >= 0.6 is 11.8 Å². The van der Waals surface area contributed by atoms with Crippen molar-refractivity contribution in [1.29, 1.82) is 0 Å². The number of benzene rings is 3. The largest absolute Gasteiger partial charge is 0.329 e. The fraction of sp³-hybridized carbons (Fsp3) is 0.0909. The predicted octanol–water partition coefficient (Wildman–Crippen LogP) is 4.03. The van der Waals surface area contributed by atoms with Crippen LogP contribution in [0.3, 0.4) is 0 Å². The first kappa shape index (κ1) is 17.4. The van der Waals surface area contributed by atoms with Crippen molar-refractivity contribution in [3.63, 3.8) is 0 Å². The van der Waals surface area contributed by atoms with Gasteiger partial charge in [-0.05, 0) is 29.3 Å². The molecule has 0 spiro atoms. The van der Waals surface area contributed by atoms with Crippen molar-refractivity contribution < 1.29 is 0 Å². The van der Waals surface area contributed by atoms with Gasteiger partial charge in [-0.1, -0.05) is 60.7 Å². The normalized spacial score (nSPS) is 11.0. The van der Waals surface area contributed by atoms with Crippen molar-refractivity contribution in [2.45, 2.75) is 17.2 Å². The summed E-state index contributed by atoms with van der Waals surface area (Å²) in [5, 5.41) is 0.531. The van der Waals surface area contributed by atoms with Crippen molar-refractivity contribution in [3.05, 3.63) is 111 Å². The number of aromatic nitrogens is 2. The minimum Gasteiger partial charge on any atom is -0.307 e. The molecule has 5 heteroatoms. The Morgan fingerprint density at radius 2 is 1.48 bits per heavy atom. The minimum absolute atomic E-state index is 0.256. The highest BCUT2D eigenvalue weighted by Crippen LogP contribution is 2.24. The number of hydrogen-bond acceptors (Lipinski definition) is 3. The maximum absolute atomic E-state index is 12.9. The molecule has 0 radical (unpaired) electrons. The summed E-state index contributed by atoms with van der Waals surface area (Å²) in [6, 6.07) is 25.3. The molecule has 4 aromatic rings. The molecular formula is C22H18N2O2S. The van der Waals surface area contributed by atoms with Crippen molar-refractivity contribution in [2.75, 3.05) is 0 Å². The van der Waals surface area contributed by atoms with E-state index in [-0.39, 0.29) is 17.8 Å². The Morgan fingerprint density at radius 3 is 2.19 bits per heavy atom. The van der Waals surface area contributed by atoms with Crippen molar-refractivity contribution >= 4 is 22.7 Å². The maximum atomic E-state index is 12.9. The third-order valence-corrected chi connectivity index (χ3v) is 5.45. The molecule has 0 aliphatic heterocycles. The molecule has 0 aliphatic carbocycles. The van der Waals surface area contributed by atoms with Gasteiger partial charge in [0.25, 0.3) is 5.56 Å². The van der Waals surface area contributed by atoms with Gasteiger partial charge in [-0.25, -0.2) is 4.79 Å². The molecule has 1 N–H and O–H groups in total. The van der Waals surface area contributed by atoms with E-state index in [0.717, 1.165) is 16.2 Å². The third kappa shape index (κ3) is 3.88. The van der Waals surface area contributed by atoms with E-state index in [2.05, 4.69) is 17.1 Å². The van der Waals surface area contributed by atoms with E-state index in [1.165, 1.54) is 10.1 Å². The highest BCUT2D eigenvalue weighted by Gasteiger charge is 2.09. The standard InChI is InChI=1S/C22H18N2O2S/c25-21-19-13-18(27-15-17-9-5-2-6-10-17)11-12-20(19)23-22(26)24(21)14-16-7-3-1-4-8-16/h1-13H,14-15H2,(H,23,26). The molecule has 1 heterocycles. The Hall–Kier alpha value is -3.05. The highest BCUT2D eigenvalue weighted by molar-refractivity contribution is 7.98. The SMILES string of the molecule is O=c1[nH]c2ccc(SCc3ccccc3)cc2c(=O)n1Cc1ccccc1. The Labute approximate surface area is 160 Å². The summed E-state index contributed by atoms with van der Waals surface area (Å²) in [5.74, 6) is 0.827. The van der Waals surface area contributed by atoms with Gasteiger partial charge >= 0.3 is 5.69 Å². The molecule has 0 unspecified atom stereocenters. The molecule has 134 valence electrons. The van der Waals surface area contributed by atoms with Gasteiger partial charge in [-0.15, -0.1) is 11.8 Å². The number of H-pyrrole nitrogens is 1. The van der Waals surface area contributed by atoms with Crippen LogP contribution in [-0.4, -0.2) is 9.55 Å². The van der Waals surface area contributed by atoms with E-state index >= 15 is 0 Å². The highest BCUT2D eigenvalue weighted by atomic mass is 32.2. The Balaban J connectivity index is 1.67. The van der Waals surface area contributed by atoms with Crippen molar-refractivity contribution in [3.8, 4) is 0 Å². The number of nitrogens with zero attached hydrogens (tertiary/aromatic N) is 1. The first-order chi connectivity index (χ1) is 13.2. The maximum Gasteiger partial charge on any atom is 0.329 e. The lowest BCUT2D eigenvalue weighted by Crippen LogP contribution is -2.35. The fourth-order valence-electron chi connectivity index (χ4n) is 2.97. The van der Waals surface area contributed by atoms with E-state index in [0.29, 0.717) is 10.9 Å². The number of rotatable bonds is 5. The molecule has 0 atom stereocenters. The molecule has 0 saturated heterocycles. The van der Waals surface area contributed by atoms with Gasteiger partial charge in [0, 0.05) is 10.6 Å². The molecule has 0 fully saturated rings. The van der Waals surface area contributed by atoms with E-state index in [1.54, 1.807) is 17.8 Å². The van der Waals surface area contributed by atoms with Crippen LogP contribution in [0, 0.1) is 0 Å². The van der Waals surface area contributed by atoms with Gasteiger partial charge in [-0.3, -0.25) is 9.36 Å². The number of thioether (sulfide) groups is 1. The summed E-state index contributed by atoms with van der Waals surface area (Å²) in [4.78, 5) is 29.1. The molecule has 0 saturated carbocycles. The molecule has 1 aromatic heterocycles. The van der Waals surface area contributed by atoms with Crippen LogP contribution in [0.1, 0.15) is 11.1 Å². The van der Waals surface area contributed by atoms with Crippen molar-refractivity contribution in [1.82, 2.24) is 9.55 Å². The zero-order chi connectivity index (χ0) is 18.6. The monoisotopic (exact) mass is 374 g/mol. The van der Waals surface area contributed by atoms with E-state index in [4.69, 9.17) is 0 Å². The summed E-state index contributed by atoms with van der Waals surface area (Å²) in [6.07, 6.45) is 0. The first-order valence-electron chi connectivity index (χ1n) is 8.68. The van der Waals surface area contributed by atoms with Gasteiger partial charge < -0.3 is 4.98 Å². The predicted molar refractivity (Wildman–Crippen MR) is 110 cm³/mol. The van der Waals surface area contributed by atoms with Gasteiger partial charge in [0.15, 0.2) is 0 Å².